The van der Waals surface area contributed by atoms with Crippen LogP contribution in [0.1, 0.15) is 19.8 Å². The molecule has 6 nitrogen and oxygen atoms in total. The van der Waals surface area contributed by atoms with Gasteiger partial charge in [-0.15, -0.1) is 0 Å². The second-order valence-electron chi connectivity index (χ2n) is 2.67. The molecule has 7 heteroatoms. The molecule has 0 aliphatic rings. The smallest absolute Gasteiger partial charge is 0.243 e. The van der Waals surface area contributed by atoms with Gasteiger partial charge in [0.05, 0.1) is 13.6 Å². The van der Waals surface area contributed by atoms with Gasteiger partial charge in [-0.25, -0.2) is 9.13 Å². The van der Waals surface area contributed by atoms with Crippen LogP contribution in [0.15, 0.2) is 18.7 Å². The monoisotopic (exact) mass is 390 g/mol. The number of hydrogen-bond donors (Lipinski definition) is 0. The summed E-state index contributed by atoms with van der Waals surface area (Å²) >= 11 is 0. The van der Waals surface area contributed by atoms with Crippen LogP contribution >= 0.6 is 0 Å². The third kappa shape index (κ3) is 11.6. The molecule has 1 rings (SSSR count). The summed E-state index contributed by atoms with van der Waals surface area (Å²) in [6.45, 7) is 3.36. The van der Waals surface area contributed by atoms with E-state index in [-0.39, 0.29) is 42.3 Å². The Morgan fingerprint density at radius 2 is 1.67 bits per heavy atom. The number of rotatable bonds is 3. The van der Waals surface area contributed by atoms with Gasteiger partial charge in [-0.3, -0.25) is 0 Å². The number of imidazole rings is 1. The zero-order valence-corrected chi connectivity index (χ0v) is 11.5. The van der Waals surface area contributed by atoms with E-state index in [4.69, 9.17) is 0 Å². The summed E-state index contributed by atoms with van der Waals surface area (Å²) in [5.41, 5.74) is 0. The normalized spacial score (nSPS) is 6.80. The quantitative estimate of drug-likeness (QED) is 0.673. The molecule has 0 atom stereocenters. The van der Waals surface area contributed by atoms with Gasteiger partial charge in [-0.2, -0.15) is 0 Å². The van der Waals surface area contributed by atoms with Gasteiger partial charge < -0.3 is 21.9 Å². The average Bonchev–Trinajstić information content (AvgIpc) is 2.31. The van der Waals surface area contributed by atoms with Crippen LogP contribution < -0.4 is 4.57 Å². The van der Waals surface area contributed by atoms with Crippen molar-refractivity contribution < 1.29 is 46.9 Å². The van der Waals surface area contributed by atoms with Crippen LogP contribution in [0.5, 0.6) is 0 Å². The summed E-state index contributed by atoms with van der Waals surface area (Å²) < 4.78 is 4.28. The van der Waals surface area contributed by atoms with Crippen LogP contribution in [0.3, 0.4) is 0 Å². The minimum absolute atomic E-state index is 0. The predicted octanol–water partition coefficient (Wildman–Crippen LogP) is 0.635. The van der Waals surface area contributed by atoms with Crippen molar-refractivity contribution >= 4 is 0 Å². The van der Waals surface area contributed by atoms with E-state index in [2.05, 4.69) is 34.8 Å². The Balaban J connectivity index is -0.0000000667. The summed E-state index contributed by atoms with van der Waals surface area (Å²) in [5, 5.41) is 0. The molecule has 0 amide bonds. The van der Waals surface area contributed by atoms with Gasteiger partial charge in [0.1, 0.15) is 12.4 Å². The van der Waals surface area contributed by atoms with Gasteiger partial charge in [0, 0.05) is 20.4 Å². The number of nitrogens with zero attached hydrogens (tertiary/aromatic N) is 2. The molecule has 0 N–H and O–H groups in total. The van der Waals surface area contributed by atoms with Crippen LogP contribution in [0.2, 0.25) is 0 Å². The predicted molar refractivity (Wildman–Crippen MR) is 43.3 cm³/mol. The molecule has 0 spiro atoms. The molecule has 0 saturated heterocycles. The van der Waals surface area contributed by atoms with Gasteiger partial charge in [-0.05, 0) is 6.42 Å². The van der Waals surface area contributed by atoms with E-state index in [1.807, 2.05) is 7.05 Å². The Hall–Kier alpha value is -0.288. The van der Waals surface area contributed by atoms with Crippen molar-refractivity contribution in [2.24, 2.45) is 7.05 Å². The fraction of sp³-hybridized carbons (Fsp3) is 0.625. The van der Waals surface area contributed by atoms with E-state index < -0.39 is 0 Å². The molecule has 0 bridgehead atoms. The van der Waals surface area contributed by atoms with Gasteiger partial charge >= 0.3 is 0 Å². The summed E-state index contributed by atoms with van der Waals surface area (Å²) in [5.74, 6) is 0. The zero-order valence-electron chi connectivity index (χ0n) is 8.76. The first-order valence-corrected chi connectivity index (χ1v) is 3.84. The standard InChI is InChI=1S/C8H15N2.4O.Re/c1-3-4-5-10-7-6-9(2)8-10;;;;;/h6-8H,3-5H2,1-2H3;;;;;/q+1;4*-2;. The van der Waals surface area contributed by atoms with Gasteiger partial charge in [-0.1, -0.05) is 13.3 Å². The maximum atomic E-state index is 2.21. The van der Waals surface area contributed by atoms with E-state index in [0.717, 1.165) is 6.54 Å². The van der Waals surface area contributed by atoms with Crippen molar-refractivity contribution in [3.8, 4) is 0 Å². The minimum Gasteiger partial charge on any atom is -2.00 e. The summed E-state index contributed by atoms with van der Waals surface area (Å²) in [6.07, 6.45) is 8.82. The van der Waals surface area contributed by atoms with Crippen molar-refractivity contribution in [1.29, 1.82) is 0 Å². The molecular weight excluding hydrogens is 374 g/mol. The maximum Gasteiger partial charge on any atom is 0.243 e. The Bertz CT molecular complexity index is 208. The second kappa shape index (κ2) is 16.2. The molecule has 0 fully saturated rings. The fourth-order valence-electron chi connectivity index (χ4n) is 0.975. The summed E-state index contributed by atoms with van der Waals surface area (Å²) in [6, 6.07) is 0. The van der Waals surface area contributed by atoms with Crippen molar-refractivity contribution in [2.45, 2.75) is 26.3 Å². The van der Waals surface area contributed by atoms with Gasteiger partial charge in [0.2, 0.25) is 6.33 Å². The third-order valence-corrected chi connectivity index (χ3v) is 1.59. The molecule has 1 heterocycles. The number of unbranched alkanes of at least 4 members (excludes halogenated alkanes) is 1. The third-order valence-electron chi connectivity index (χ3n) is 1.59. The minimum atomic E-state index is 0. The van der Waals surface area contributed by atoms with Crippen molar-refractivity contribution in [3.63, 3.8) is 0 Å². The molecule has 0 aliphatic heterocycles. The van der Waals surface area contributed by atoms with Gasteiger partial charge in [0.25, 0.3) is 0 Å². The van der Waals surface area contributed by atoms with E-state index in [1.54, 1.807) is 0 Å². The molecule has 0 unspecified atom stereocenters. The Morgan fingerprint density at radius 3 is 2.00 bits per heavy atom. The average molecular weight is 389 g/mol. The van der Waals surface area contributed by atoms with Crippen LogP contribution in [0.4, 0.5) is 0 Å². The van der Waals surface area contributed by atoms with Crippen molar-refractivity contribution in [2.75, 3.05) is 0 Å². The summed E-state index contributed by atoms with van der Waals surface area (Å²) in [7, 11) is 2.04. The SMILES string of the molecule is CCCCn1cc[n+](C)c1.[O-2].[O-2].[O-2].[O-2].[Re]. The Kier molecular flexibility index (Phi) is 31.6. The van der Waals surface area contributed by atoms with E-state index in [0.29, 0.717) is 0 Å². The van der Waals surface area contributed by atoms with Crippen LogP contribution in [0.25, 0.3) is 0 Å². The molecule has 15 heavy (non-hydrogen) atoms. The molecule has 1 aromatic heterocycles. The molecule has 0 aliphatic carbocycles. The van der Waals surface area contributed by atoms with Crippen molar-refractivity contribution in [1.82, 2.24) is 4.57 Å². The molecular formula is C8H15N2O4Re-7. The number of aryl methyl sites for hydroxylation is 2. The molecule has 0 saturated carbocycles. The largest absolute Gasteiger partial charge is 2.00 e. The first-order chi connectivity index (χ1) is 4.83. The van der Waals surface area contributed by atoms with E-state index in [1.165, 1.54) is 12.8 Å². The van der Waals surface area contributed by atoms with Crippen LogP contribution in [-0.4, -0.2) is 4.57 Å². The fourth-order valence-corrected chi connectivity index (χ4v) is 0.975. The molecule has 95 valence electrons. The summed E-state index contributed by atoms with van der Waals surface area (Å²) in [4.78, 5) is 0. The zero-order chi connectivity index (χ0) is 7.40. The Morgan fingerprint density at radius 1 is 1.13 bits per heavy atom. The Labute approximate surface area is 104 Å². The molecule has 0 aromatic carbocycles. The number of hydrogen-bond acceptors (Lipinski definition) is 0. The second-order valence-corrected chi connectivity index (χ2v) is 2.67. The van der Waals surface area contributed by atoms with Gasteiger partial charge in [0.15, 0.2) is 0 Å². The number of aromatic nitrogens is 2. The topological polar surface area (TPSA) is 123 Å². The maximum absolute atomic E-state index is 2.21. The molecule has 1 radical (unpaired) electrons. The van der Waals surface area contributed by atoms with Crippen LogP contribution in [0, 0.1) is 0 Å². The van der Waals surface area contributed by atoms with Crippen molar-refractivity contribution in [3.05, 3.63) is 18.7 Å². The first-order valence-electron chi connectivity index (χ1n) is 3.84. The molecule has 1 aromatic rings. The van der Waals surface area contributed by atoms with E-state index in [9.17, 15) is 0 Å². The van der Waals surface area contributed by atoms with E-state index >= 15 is 0 Å². The first kappa shape index (κ1) is 29.3. The van der Waals surface area contributed by atoms with Crippen LogP contribution in [-0.2, 0) is 55.9 Å².